The minimum atomic E-state index is 0.300. The molecule has 1 heterocycles. The highest BCUT2D eigenvalue weighted by atomic mass is 32.1. The van der Waals surface area contributed by atoms with Gasteiger partial charge in [-0.15, -0.1) is 0 Å². The molecule has 2 rings (SSSR count). The van der Waals surface area contributed by atoms with E-state index in [1.807, 2.05) is 24.3 Å². The van der Waals surface area contributed by atoms with Gasteiger partial charge in [0.15, 0.2) is 0 Å². The fourth-order valence-corrected chi connectivity index (χ4v) is 1.85. The number of benzene rings is 1. The molecule has 4 heteroatoms. The van der Waals surface area contributed by atoms with Crippen molar-refractivity contribution in [1.29, 1.82) is 0 Å². The zero-order valence-corrected chi connectivity index (χ0v) is 11.8. The molecule has 2 aromatic rings. The van der Waals surface area contributed by atoms with Gasteiger partial charge in [-0.25, -0.2) is 0 Å². The highest BCUT2D eigenvalue weighted by Gasteiger charge is 2.04. The van der Waals surface area contributed by atoms with Crippen LogP contribution in [0.3, 0.4) is 0 Å². The van der Waals surface area contributed by atoms with E-state index in [9.17, 15) is 0 Å². The average molecular weight is 272 g/mol. The number of aryl methyl sites for hydroxylation is 1. The van der Waals surface area contributed by atoms with E-state index in [0.717, 1.165) is 16.9 Å². The van der Waals surface area contributed by atoms with Crippen molar-refractivity contribution in [3.8, 4) is 5.75 Å². The van der Waals surface area contributed by atoms with Gasteiger partial charge in [-0.05, 0) is 48.7 Å². The molecule has 3 nitrogen and oxygen atoms in total. The number of hydrogen-bond acceptors (Lipinski definition) is 3. The molecule has 1 aromatic heterocycles. The molecule has 0 unspecified atom stereocenters. The first-order valence-corrected chi connectivity index (χ1v) is 6.42. The number of ether oxygens (including phenoxy) is 1. The molecule has 98 valence electrons. The molecular formula is C15H16N2OS. The van der Waals surface area contributed by atoms with E-state index in [-0.39, 0.29) is 0 Å². The molecule has 0 amide bonds. The molecule has 0 radical (unpaired) electrons. The van der Waals surface area contributed by atoms with Gasteiger partial charge in [0.1, 0.15) is 17.3 Å². The second-order valence-corrected chi connectivity index (χ2v) is 4.84. The van der Waals surface area contributed by atoms with Crippen LogP contribution in [0.4, 0.5) is 0 Å². The molecule has 0 saturated carbocycles. The third-order valence-corrected chi connectivity index (χ3v) is 3.24. The summed E-state index contributed by atoms with van der Waals surface area (Å²) in [6, 6.07) is 9.78. The lowest BCUT2D eigenvalue weighted by atomic mass is 10.1. The van der Waals surface area contributed by atoms with Gasteiger partial charge in [0, 0.05) is 6.20 Å². The predicted molar refractivity (Wildman–Crippen MR) is 80.4 cm³/mol. The SMILES string of the molecule is Cc1cccc(OCc2ccnc(C(N)=S)c2)c1C. The molecular weight excluding hydrogens is 256 g/mol. The second kappa shape index (κ2) is 5.80. The predicted octanol–water partition coefficient (Wildman–Crippen LogP) is 2.91. The summed E-state index contributed by atoms with van der Waals surface area (Å²) in [5, 5.41) is 0. The molecule has 0 fully saturated rings. The number of rotatable bonds is 4. The Balaban J connectivity index is 2.12. The van der Waals surface area contributed by atoms with Crippen molar-refractivity contribution in [2.45, 2.75) is 20.5 Å². The van der Waals surface area contributed by atoms with Crippen LogP contribution in [0, 0.1) is 13.8 Å². The molecule has 0 bridgehead atoms. The summed E-state index contributed by atoms with van der Waals surface area (Å²) in [6.45, 7) is 4.60. The Bertz CT molecular complexity index is 611. The lowest BCUT2D eigenvalue weighted by Crippen LogP contribution is -2.12. The second-order valence-electron chi connectivity index (χ2n) is 4.40. The van der Waals surface area contributed by atoms with Gasteiger partial charge in [0.05, 0.1) is 5.69 Å². The average Bonchev–Trinajstić information content (AvgIpc) is 2.41. The van der Waals surface area contributed by atoms with Gasteiger partial charge in [-0.1, -0.05) is 24.4 Å². The van der Waals surface area contributed by atoms with Gasteiger partial charge in [-0.3, -0.25) is 4.98 Å². The van der Waals surface area contributed by atoms with E-state index in [0.29, 0.717) is 17.3 Å². The third-order valence-electron chi connectivity index (χ3n) is 3.03. The zero-order valence-electron chi connectivity index (χ0n) is 11.0. The summed E-state index contributed by atoms with van der Waals surface area (Å²) in [7, 11) is 0. The Hall–Kier alpha value is -1.94. The summed E-state index contributed by atoms with van der Waals surface area (Å²) in [6.07, 6.45) is 1.69. The Kier molecular flexibility index (Phi) is 4.12. The largest absolute Gasteiger partial charge is 0.489 e. The van der Waals surface area contributed by atoms with E-state index in [2.05, 4.69) is 24.9 Å². The van der Waals surface area contributed by atoms with Crippen LogP contribution in [0.15, 0.2) is 36.5 Å². The van der Waals surface area contributed by atoms with Crippen LogP contribution in [-0.2, 0) is 6.61 Å². The maximum Gasteiger partial charge on any atom is 0.122 e. The maximum absolute atomic E-state index is 5.83. The standard InChI is InChI=1S/C15H16N2OS/c1-10-4-3-5-14(11(10)2)18-9-12-6-7-17-13(8-12)15(16)19/h3-8H,9H2,1-2H3,(H2,16,19). The van der Waals surface area contributed by atoms with Crippen LogP contribution in [0.25, 0.3) is 0 Å². The Morgan fingerprint density at radius 1 is 1.32 bits per heavy atom. The fraction of sp³-hybridized carbons (Fsp3) is 0.200. The molecule has 0 aliphatic rings. The Labute approximate surface area is 118 Å². The number of pyridine rings is 1. The van der Waals surface area contributed by atoms with Gasteiger partial charge in [0.2, 0.25) is 0 Å². The Morgan fingerprint density at radius 3 is 2.84 bits per heavy atom. The number of nitrogens with zero attached hydrogens (tertiary/aromatic N) is 1. The van der Waals surface area contributed by atoms with Crippen molar-refractivity contribution in [1.82, 2.24) is 4.98 Å². The van der Waals surface area contributed by atoms with Gasteiger partial charge in [0.25, 0.3) is 0 Å². The summed E-state index contributed by atoms with van der Waals surface area (Å²) in [5.74, 6) is 0.897. The van der Waals surface area contributed by atoms with Crippen molar-refractivity contribution in [2.24, 2.45) is 5.73 Å². The minimum absolute atomic E-state index is 0.300. The summed E-state index contributed by atoms with van der Waals surface area (Å²) >= 11 is 4.91. The van der Waals surface area contributed by atoms with Crippen molar-refractivity contribution < 1.29 is 4.74 Å². The highest BCUT2D eigenvalue weighted by Crippen LogP contribution is 2.21. The van der Waals surface area contributed by atoms with E-state index in [4.69, 9.17) is 22.7 Å². The van der Waals surface area contributed by atoms with Crippen molar-refractivity contribution in [2.75, 3.05) is 0 Å². The number of thiocarbonyl (C=S) groups is 1. The van der Waals surface area contributed by atoms with Crippen LogP contribution in [0.5, 0.6) is 5.75 Å². The van der Waals surface area contributed by atoms with Crippen LogP contribution in [0.2, 0.25) is 0 Å². The topological polar surface area (TPSA) is 48.1 Å². The Morgan fingerprint density at radius 2 is 2.11 bits per heavy atom. The normalized spacial score (nSPS) is 10.2. The first kappa shape index (κ1) is 13.5. The first-order chi connectivity index (χ1) is 9.08. The van der Waals surface area contributed by atoms with E-state index in [1.54, 1.807) is 6.20 Å². The molecule has 0 spiro atoms. The zero-order chi connectivity index (χ0) is 13.8. The highest BCUT2D eigenvalue weighted by molar-refractivity contribution is 7.80. The monoisotopic (exact) mass is 272 g/mol. The van der Waals surface area contributed by atoms with Crippen molar-refractivity contribution in [3.63, 3.8) is 0 Å². The third kappa shape index (κ3) is 3.29. The molecule has 0 saturated heterocycles. The number of hydrogen-bond donors (Lipinski definition) is 1. The van der Waals surface area contributed by atoms with Crippen molar-refractivity contribution >= 4 is 17.2 Å². The van der Waals surface area contributed by atoms with Gasteiger partial charge in [-0.2, -0.15) is 0 Å². The minimum Gasteiger partial charge on any atom is -0.489 e. The quantitative estimate of drug-likeness (QED) is 0.869. The first-order valence-electron chi connectivity index (χ1n) is 6.01. The number of nitrogens with two attached hydrogens (primary N) is 1. The molecule has 19 heavy (non-hydrogen) atoms. The summed E-state index contributed by atoms with van der Waals surface area (Å²) in [5.41, 5.74) is 9.56. The van der Waals surface area contributed by atoms with Gasteiger partial charge < -0.3 is 10.5 Å². The molecule has 1 aromatic carbocycles. The number of aromatic nitrogens is 1. The van der Waals surface area contributed by atoms with Gasteiger partial charge >= 0.3 is 0 Å². The summed E-state index contributed by atoms with van der Waals surface area (Å²) < 4.78 is 5.83. The van der Waals surface area contributed by atoms with Crippen LogP contribution < -0.4 is 10.5 Å². The van der Waals surface area contributed by atoms with E-state index < -0.39 is 0 Å². The van der Waals surface area contributed by atoms with Crippen LogP contribution in [0.1, 0.15) is 22.4 Å². The lowest BCUT2D eigenvalue weighted by molar-refractivity contribution is 0.303. The molecule has 0 aliphatic heterocycles. The summed E-state index contributed by atoms with van der Waals surface area (Å²) in [4.78, 5) is 4.40. The van der Waals surface area contributed by atoms with E-state index in [1.165, 1.54) is 5.56 Å². The van der Waals surface area contributed by atoms with Crippen LogP contribution in [-0.4, -0.2) is 9.97 Å². The maximum atomic E-state index is 5.83. The lowest BCUT2D eigenvalue weighted by Gasteiger charge is -2.11. The van der Waals surface area contributed by atoms with Crippen molar-refractivity contribution in [3.05, 3.63) is 58.9 Å². The van der Waals surface area contributed by atoms with E-state index >= 15 is 0 Å². The fourth-order valence-electron chi connectivity index (χ4n) is 1.74. The molecule has 0 atom stereocenters. The smallest absolute Gasteiger partial charge is 0.122 e. The molecule has 2 N–H and O–H groups in total. The van der Waals surface area contributed by atoms with Crippen LogP contribution >= 0.6 is 12.2 Å². The molecule has 0 aliphatic carbocycles.